The summed E-state index contributed by atoms with van der Waals surface area (Å²) in [4.78, 5) is 0. The molecule has 1 aromatic rings. The summed E-state index contributed by atoms with van der Waals surface area (Å²) in [6.07, 6.45) is 1.88. The van der Waals surface area contributed by atoms with Gasteiger partial charge in [-0.1, -0.05) is 0 Å². The third kappa shape index (κ3) is 2.04. The molecule has 0 amide bonds. The Morgan fingerprint density at radius 2 is 2.17 bits per heavy atom. The van der Waals surface area contributed by atoms with E-state index in [2.05, 4.69) is 10.2 Å². The summed E-state index contributed by atoms with van der Waals surface area (Å²) in [5.74, 6) is 1.97. The summed E-state index contributed by atoms with van der Waals surface area (Å²) in [7, 11) is 1.98. The maximum atomic E-state index is 5.64. The van der Waals surface area contributed by atoms with Crippen LogP contribution in [0.1, 0.15) is 25.0 Å². The van der Waals surface area contributed by atoms with Gasteiger partial charge in [-0.3, -0.25) is 0 Å². The molecular weight excluding hydrogens is 152 g/mol. The predicted molar refractivity (Wildman–Crippen MR) is 47.7 cm³/mol. The standard InChI is InChI=1S/C8H16N4/c1-6(9)4-5-8-11-10-7(2)12(8)3/h6H,4-5,9H2,1-3H3. The number of hydrogen-bond acceptors (Lipinski definition) is 3. The van der Waals surface area contributed by atoms with Crippen LogP contribution in [0.4, 0.5) is 0 Å². The van der Waals surface area contributed by atoms with E-state index in [9.17, 15) is 0 Å². The highest BCUT2D eigenvalue weighted by molar-refractivity contribution is 4.92. The summed E-state index contributed by atoms with van der Waals surface area (Å²) in [6, 6.07) is 0.238. The summed E-state index contributed by atoms with van der Waals surface area (Å²) in [5.41, 5.74) is 5.64. The number of rotatable bonds is 3. The van der Waals surface area contributed by atoms with Gasteiger partial charge < -0.3 is 10.3 Å². The normalized spacial score (nSPS) is 13.3. The van der Waals surface area contributed by atoms with Crippen molar-refractivity contribution in [3.05, 3.63) is 11.6 Å². The molecule has 2 N–H and O–H groups in total. The molecule has 0 fully saturated rings. The minimum absolute atomic E-state index is 0.238. The van der Waals surface area contributed by atoms with E-state index >= 15 is 0 Å². The van der Waals surface area contributed by atoms with Crippen LogP contribution in [0.5, 0.6) is 0 Å². The zero-order chi connectivity index (χ0) is 9.14. The van der Waals surface area contributed by atoms with Gasteiger partial charge in [0.15, 0.2) is 0 Å². The zero-order valence-electron chi connectivity index (χ0n) is 7.91. The van der Waals surface area contributed by atoms with Crippen LogP contribution >= 0.6 is 0 Å². The van der Waals surface area contributed by atoms with Crippen LogP contribution in [0, 0.1) is 6.92 Å². The van der Waals surface area contributed by atoms with Crippen molar-refractivity contribution < 1.29 is 0 Å². The van der Waals surface area contributed by atoms with E-state index in [1.54, 1.807) is 0 Å². The van der Waals surface area contributed by atoms with Gasteiger partial charge in [0.2, 0.25) is 0 Å². The van der Waals surface area contributed by atoms with Gasteiger partial charge in [0.1, 0.15) is 11.6 Å². The first kappa shape index (κ1) is 9.19. The molecule has 0 aliphatic rings. The lowest BCUT2D eigenvalue weighted by Gasteiger charge is -2.03. The topological polar surface area (TPSA) is 56.7 Å². The van der Waals surface area contributed by atoms with E-state index in [-0.39, 0.29) is 6.04 Å². The maximum absolute atomic E-state index is 5.64. The molecule has 1 unspecified atom stereocenters. The average Bonchev–Trinajstić information content (AvgIpc) is 2.30. The third-order valence-electron chi connectivity index (χ3n) is 2.01. The van der Waals surface area contributed by atoms with Crippen molar-refractivity contribution in [3.63, 3.8) is 0 Å². The molecule has 1 aromatic heterocycles. The van der Waals surface area contributed by atoms with Crippen LogP contribution in [0.3, 0.4) is 0 Å². The van der Waals surface area contributed by atoms with Crippen molar-refractivity contribution in [2.75, 3.05) is 0 Å². The quantitative estimate of drug-likeness (QED) is 0.711. The van der Waals surface area contributed by atoms with Gasteiger partial charge in [0, 0.05) is 19.5 Å². The largest absolute Gasteiger partial charge is 0.328 e. The Bertz CT molecular complexity index is 252. The molecule has 0 spiro atoms. The van der Waals surface area contributed by atoms with Crippen LogP contribution in [-0.4, -0.2) is 20.8 Å². The Morgan fingerprint density at radius 3 is 2.58 bits per heavy atom. The van der Waals surface area contributed by atoms with E-state index in [1.165, 1.54) is 0 Å². The van der Waals surface area contributed by atoms with Gasteiger partial charge in [-0.05, 0) is 20.3 Å². The SMILES string of the molecule is Cc1nnc(CCC(C)N)n1C. The highest BCUT2D eigenvalue weighted by atomic mass is 15.3. The zero-order valence-corrected chi connectivity index (χ0v) is 7.91. The van der Waals surface area contributed by atoms with Crippen LogP contribution in [-0.2, 0) is 13.5 Å². The summed E-state index contributed by atoms with van der Waals surface area (Å²) >= 11 is 0. The molecular formula is C8H16N4. The van der Waals surface area contributed by atoms with Gasteiger partial charge in [0.25, 0.3) is 0 Å². The lowest BCUT2D eigenvalue weighted by atomic mass is 10.2. The van der Waals surface area contributed by atoms with Gasteiger partial charge >= 0.3 is 0 Å². The van der Waals surface area contributed by atoms with Gasteiger partial charge in [0.05, 0.1) is 0 Å². The molecule has 1 heterocycles. The van der Waals surface area contributed by atoms with E-state index in [1.807, 2.05) is 25.5 Å². The Hall–Kier alpha value is -0.900. The Balaban J connectivity index is 2.58. The second-order valence-electron chi connectivity index (χ2n) is 3.24. The van der Waals surface area contributed by atoms with Crippen LogP contribution in [0.25, 0.3) is 0 Å². The van der Waals surface area contributed by atoms with Gasteiger partial charge in [-0.15, -0.1) is 10.2 Å². The first-order valence-electron chi connectivity index (χ1n) is 4.21. The Labute approximate surface area is 72.8 Å². The second kappa shape index (κ2) is 3.67. The molecule has 0 aliphatic heterocycles. The predicted octanol–water partition coefficient (Wildman–Crippen LogP) is 0.403. The minimum Gasteiger partial charge on any atom is -0.328 e. The molecule has 0 bridgehead atoms. The van der Waals surface area contributed by atoms with Crippen molar-refractivity contribution in [1.82, 2.24) is 14.8 Å². The number of aromatic nitrogens is 3. The smallest absolute Gasteiger partial charge is 0.132 e. The van der Waals surface area contributed by atoms with Crippen LogP contribution < -0.4 is 5.73 Å². The third-order valence-corrected chi connectivity index (χ3v) is 2.01. The molecule has 0 radical (unpaired) electrons. The molecule has 4 heteroatoms. The molecule has 1 rings (SSSR count). The molecule has 1 atom stereocenters. The number of hydrogen-bond donors (Lipinski definition) is 1. The van der Waals surface area contributed by atoms with Crippen LogP contribution in [0.2, 0.25) is 0 Å². The summed E-state index contributed by atoms with van der Waals surface area (Å²) in [5, 5.41) is 8.01. The van der Waals surface area contributed by atoms with E-state index in [0.717, 1.165) is 24.5 Å². The monoisotopic (exact) mass is 168 g/mol. The fraction of sp³-hybridized carbons (Fsp3) is 0.750. The average molecular weight is 168 g/mol. The molecule has 4 nitrogen and oxygen atoms in total. The fourth-order valence-electron chi connectivity index (χ4n) is 1.03. The van der Waals surface area contributed by atoms with Crippen molar-refractivity contribution in [2.24, 2.45) is 12.8 Å². The highest BCUT2D eigenvalue weighted by Crippen LogP contribution is 2.01. The first-order valence-corrected chi connectivity index (χ1v) is 4.21. The number of aryl methyl sites for hydroxylation is 2. The molecule has 68 valence electrons. The Kier molecular flexibility index (Phi) is 2.81. The maximum Gasteiger partial charge on any atom is 0.132 e. The highest BCUT2D eigenvalue weighted by Gasteiger charge is 2.04. The number of nitrogens with zero attached hydrogens (tertiary/aromatic N) is 3. The summed E-state index contributed by atoms with van der Waals surface area (Å²) < 4.78 is 2.00. The number of nitrogens with two attached hydrogens (primary N) is 1. The van der Waals surface area contributed by atoms with Gasteiger partial charge in [-0.2, -0.15) is 0 Å². The van der Waals surface area contributed by atoms with E-state index in [0.29, 0.717) is 0 Å². The fourth-order valence-corrected chi connectivity index (χ4v) is 1.03. The molecule has 0 saturated heterocycles. The van der Waals surface area contributed by atoms with Gasteiger partial charge in [-0.25, -0.2) is 0 Å². The van der Waals surface area contributed by atoms with Crippen LogP contribution in [0.15, 0.2) is 0 Å². The molecule has 0 aromatic carbocycles. The van der Waals surface area contributed by atoms with Crippen molar-refractivity contribution in [2.45, 2.75) is 32.7 Å². The molecule has 0 saturated carbocycles. The lowest BCUT2D eigenvalue weighted by Crippen LogP contribution is -2.16. The van der Waals surface area contributed by atoms with E-state index < -0.39 is 0 Å². The lowest BCUT2D eigenvalue weighted by molar-refractivity contribution is 0.629. The minimum atomic E-state index is 0.238. The van der Waals surface area contributed by atoms with Crippen molar-refractivity contribution in [1.29, 1.82) is 0 Å². The first-order chi connectivity index (χ1) is 5.61. The van der Waals surface area contributed by atoms with Crippen molar-refractivity contribution in [3.8, 4) is 0 Å². The molecule has 0 aliphatic carbocycles. The second-order valence-corrected chi connectivity index (χ2v) is 3.24. The Morgan fingerprint density at radius 1 is 1.50 bits per heavy atom. The van der Waals surface area contributed by atoms with Crippen molar-refractivity contribution >= 4 is 0 Å². The summed E-state index contributed by atoms with van der Waals surface area (Å²) in [6.45, 7) is 3.95. The van der Waals surface area contributed by atoms with E-state index in [4.69, 9.17) is 5.73 Å². The molecule has 12 heavy (non-hydrogen) atoms.